The predicted molar refractivity (Wildman–Crippen MR) is 77.5 cm³/mol. The van der Waals surface area contributed by atoms with Crippen LogP contribution in [0.15, 0.2) is 42.5 Å². The average molecular weight is 250 g/mol. The molecule has 19 heavy (non-hydrogen) atoms. The van der Waals surface area contributed by atoms with Crippen LogP contribution in [0.3, 0.4) is 0 Å². The zero-order valence-electron chi connectivity index (χ0n) is 10.4. The molecule has 0 bridgehead atoms. The Morgan fingerprint density at radius 3 is 2.89 bits per heavy atom. The summed E-state index contributed by atoms with van der Waals surface area (Å²) >= 11 is 0. The van der Waals surface area contributed by atoms with Gasteiger partial charge in [-0.1, -0.05) is 6.07 Å². The van der Waals surface area contributed by atoms with Gasteiger partial charge in [-0.05, 0) is 36.4 Å². The van der Waals surface area contributed by atoms with Gasteiger partial charge < -0.3 is 16.0 Å². The number of benzene rings is 2. The summed E-state index contributed by atoms with van der Waals surface area (Å²) in [5, 5.41) is 12.3. The van der Waals surface area contributed by atoms with Crippen molar-refractivity contribution in [3.05, 3.63) is 48.0 Å². The molecule has 1 heterocycles. The Labute approximate surface area is 112 Å². The minimum atomic E-state index is 0.667. The first-order valence-corrected chi connectivity index (χ1v) is 6.19. The van der Waals surface area contributed by atoms with Crippen LogP contribution in [0.4, 0.5) is 22.7 Å². The maximum absolute atomic E-state index is 8.95. The Balaban J connectivity index is 2.06. The fourth-order valence-electron chi connectivity index (χ4n) is 2.37. The molecule has 0 aromatic heterocycles. The van der Waals surface area contributed by atoms with Crippen molar-refractivity contribution in [1.82, 2.24) is 0 Å². The maximum Gasteiger partial charge on any atom is 0.0992 e. The molecule has 94 valence electrons. The fourth-order valence-corrected chi connectivity index (χ4v) is 2.37. The van der Waals surface area contributed by atoms with Crippen LogP contribution in [0.25, 0.3) is 0 Å². The lowest BCUT2D eigenvalue weighted by Crippen LogP contribution is -2.30. The summed E-state index contributed by atoms with van der Waals surface area (Å²) < 4.78 is 0. The number of rotatable bonds is 1. The van der Waals surface area contributed by atoms with Gasteiger partial charge in [-0.25, -0.2) is 0 Å². The van der Waals surface area contributed by atoms with Crippen molar-refractivity contribution in [2.24, 2.45) is 0 Å². The molecule has 4 heteroatoms. The van der Waals surface area contributed by atoms with Gasteiger partial charge in [0.15, 0.2) is 0 Å². The highest BCUT2D eigenvalue weighted by atomic mass is 15.2. The molecule has 2 aromatic carbocycles. The van der Waals surface area contributed by atoms with Gasteiger partial charge in [0.05, 0.1) is 23.0 Å². The molecule has 0 atom stereocenters. The zero-order valence-corrected chi connectivity index (χ0v) is 10.4. The summed E-state index contributed by atoms with van der Waals surface area (Å²) in [5.41, 5.74) is 10.4. The van der Waals surface area contributed by atoms with E-state index in [2.05, 4.69) is 16.3 Å². The zero-order chi connectivity index (χ0) is 13.2. The predicted octanol–water partition coefficient (Wildman–Crippen LogP) is 2.70. The van der Waals surface area contributed by atoms with Crippen molar-refractivity contribution < 1.29 is 0 Å². The van der Waals surface area contributed by atoms with Crippen LogP contribution in [-0.2, 0) is 0 Å². The van der Waals surface area contributed by atoms with Gasteiger partial charge in [0.25, 0.3) is 0 Å². The third-order valence-corrected chi connectivity index (χ3v) is 3.25. The molecule has 0 radical (unpaired) electrons. The van der Waals surface area contributed by atoms with Gasteiger partial charge in [-0.3, -0.25) is 0 Å². The van der Waals surface area contributed by atoms with Crippen LogP contribution < -0.4 is 16.0 Å². The first kappa shape index (κ1) is 11.4. The number of nitrogens with one attached hydrogen (secondary N) is 1. The smallest absolute Gasteiger partial charge is 0.0992 e. The summed E-state index contributed by atoms with van der Waals surface area (Å²) in [6, 6.07) is 15.7. The third-order valence-electron chi connectivity index (χ3n) is 3.25. The maximum atomic E-state index is 8.95. The largest absolute Gasteiger partial charge is 0.399 e. The van der Waals surface area contributed by atoms with E-state index in [-0.39, 0.29) is 0 Å². The van der Waals surface area contributed by atoms with E-state index in [4.69, 9.17) is 11.0 Å². The number of hydrogen-bond donors (Lipinski definition) is 2. The summed E-state index contributed by atoms with van der Waals surface area (Å²) in [6.45, 7) is 1.72. The molecular formula is C15H14N4. The molecule has 2 aromatic rings. The van der Waals surface area contributed by atoms with Crippen LogP contribution in [0.5, 0.6) is 0 Å². The summed E-state index contributed by atoms with van der Waals surface area (Å²) in [6.07, 6.45) is 0. The first-order chi connectivity index (χ1) is 9.28. The Morgan fingerprint density at radius 1 is 1.21 bits per heavy atom. The molecule has 4 nitrogen and oxygen atoms in total. The number of nitrogens with two attached hydrogens (primary N) is 1. The van der Waals surface area contributed by atoms with Gasteiger partial charge in [0.1, 0.15) is 0 Å². The van der Waals surface area contributed by atoms with E-state index in [0.29, 0.717) is 5.56 Å². The molecular weight excluding hydrogens is 236 g/mol. The standard InChI is InChI=1S/C15H14N4/c16-10-11-4-5-15-14(8-11)18-6-7-19(15)13-3-1-2-12(17)9-13/h1-5,8-9,18H,6-7,17H2. The van der Waals surface area contributed by atoms with Crippen LogP contribution in [0, 0.1) is 11.3 Å². The molecule has 0 fully saturated rings. The van der Waals surface area contributed by atoms with Gasteiger partial charge in [-0.15, -0.1) is 0 Å². The molecule has 0 unspecified atom stereocenters. The fraction of sp³-hybridized carbons (Fsp3) is 0.133. The molecule has 3 rings (SSSR count). The third kappa shape index (κ3) is 2.06. The molecule has 1 aliphatic heterocycles. The monoisotopic (exact) mass is 250 g/mol. The summed E-state index contributed by atoms with van der Waals surface area (Å²) in [7, 11) is 0. The number of fused-ring (bicyclic) bond motifs is 1. The van der Waals surface area contributed by atoms with E-state index in [9.17, 15) is 0 Å². The van der Waals surface area contributed by atoms with E-state index in [1.165, 1.54) is 0 Å². The summed E-state index contributed by atoms with van der Waals surface area (Å²) in [4.78, 5) is 2.21. The number of anilines is 4. The van der Waals surface area contributed by atoms with E-state index in [0.717, 1.165) is 35.8 Å². The van der Waals surface area contributed by atoms with Crippen LogP contribution >= 0.6 is 0 Å². The van der Waals surface area contributed by atoms with Crippen molar-refractivity contribution in [2.75, 3.05) is 29.0 Å². The van der Waals surface area contributed by atoms with Crippen molar-refractivity contribution in [3.63, 3.8) is 0 Å². The van der Waals surface area contributed by atoms with Crippen LogP contribution in [-0.4, -0.2) is 13.1 Å². The van der Waals surface area contributed by atoms with Crippen molar-refractivity contribution >= 4 is 22.7 Å². The lowest BCUT2D eigenvalue weighted by atomic mass is 10.1. The second-order valence-corrected chi connectivity index (χ2v) is 4.52. The average Bonchev–Trinajstić information content (AvgIpc) is 2.46. The molecule has 1 aliphatic rings. The van der Waals surface area contributed by atoms with Gasteiger partial charge in [-0.2, -0.15) is 5.26 Å². The second-order valence-electron chi connectivity index (χ2n) is 4.52. The lowest BCUT2D eigenvalue weighted by Gasteiger charge is -2.32. The number of nitrogen functional groups attached to an aromatic ring is 1. The van der Waals surface area contributed by atoms with E-state index >= 15 is 0 Å². The van der Waals surface area contributed by atoms with Crippen molar-refractivity contribution in [2.45, 2.75) is 0 Å². The SMILES string of the molecule is N#Cc1ccc2c(c1)NCCN2c1cccc(N)c1. The molecule has 3 N–H and O–H groups in total. The minimum Gasteiger partial charge on any atom is -0.399 e. The van der Waals surface area contributed by atoms with Crippen molar-refractivity contribution in [1.29, 1.82) is 5.26 Å². The minimum absolute atomic E-state index is 0.667. The highest BCUT2D eigenvalue weighted by molar-refractivity contribution is 5.80. The molecule has 0 amide bonds. The molecule has 0 saturated heterocycles. The number of nitriles is 1. The van der Waals surface area contributed by atoms with Crippen molar-refractivity contribution in [3.8, 4) is 6.07 Å². The Morgan fingerprint density at radius 2 is 2.11 bits per heavy atom. The lowest BCUT2D eigenvalue weighted by molar-refractivity contribution is 0.927. The Kier molecular flexibility index (Phi) is 2.73. The second kappa shape index (κ2) is 4.54. The van der Waals surface area contributed by atoms with E-state index in [1.807, 2.05) is 42.5 Å². The molecule has 0 spiro atoms. The van der Waals surface area contributed by atoms with E-state index in [1.54, 1.807) is 0 Å². The number of nitrogens with zero attached hydrogens (tertiary/aromatic N) is 2. The van der Waals surface area contributed by atoms with Gasteiger partial charge >= 0.3 is 0 Å². The van der Waals surface area contributed by atoms with Gasteiger partial charge in [0, 0.05) is 24.5 Å². The highest BCUT2D eigenvalue weighted by Crippen LogP contribution is 2.35. The Hall–Kier alpha value is -2.67. The van der Waals surface area contributed by atoms with E-state index < -0.39 is 0 Å². The quantitative estimate of drug-likeness (QED) is 0.764. The normalized spacial score (nSPS) is 13.3. The Bertz CT molecular complexity index is 657. The topological polar surface area (TPSA) is 65.1 Å². The highest BCUT2D eigenvalue weighted by Gasteiger charge is 2.18. The molecule has 0 aliphatic carbocycles. The van der Waals surface area contributed by atoms with Gasteiger partial charge in [0.2, 0.25) is 0 Å². The summed E-state index contributed by atoms with van der Waals surface area (Å²) in [5.74, 6) is 0. The van der Waals surface area contributed by atoms with Crippen LogP contribution in [0.2, 0.25) is 0 Å². The first-order valence-electron chi connectivity index (χ1n) is 6.19. The van der Waals surface area contributed by atoms with Crippen LogP contribution in [0.1, 0.15) is 5.56 Å². The molecule has 0 saturated carbocycles. The number of hydrogen-bond acceptors (Lipinski definition) is 4.